The third kappa shape index (κ3) is 4.45. The van der Waals surface area contributed by atoms with Crippen molar-refractivity contribution in [3.05, 3.63) is 66.0 Å². The van der Waals surface area contributed by atoms with Gasteiger partial charge in [0.05, 0.1) is 16.9 Å². The van der Waals surface area contributed by atoms with Gasteiger partial charge in [-0.05, 0) is 49.2 Å². The number of nitrogens with one attached hydrogen (secondary N) is 2. The van der Waals surface area contributed by atoms with E-state index in [1.54, 1.807) is 36.7 Å². The number of benzene rings is 1. The lowest BCUT2D eigenvalue weighted by Gasteiger charge is -2.23. The number of carbonyl (C=O) groups excluding carboxylic acids is 1. The van der Waals surface area contributed by atoms with Crippen LogP contribution in [0.3, 0.4) is 0 Å². The first-order valence-electron chi connectivity index (χ1n) is 9.74. The molecule has 1 aliphatic rings. The zero-order valence-corrected chi connectivity index (χ0v) is 16.7. The molecule has 2 amide bonds. The Balaban J connectivity index is 1.70. The number of urea groups is 1. The fourth-order valence-electron chi connectivity index (χ4n) is 3.37. The van der Waals surface area contributed by atoms with Crippen LogP contribution < -0.4 is 15.5 Å². The van der Waals surface area contributed by atoms with Crippen molar-refractivity contribution in [1.29, 1.82) is 0 Å². The van der Waals surface area contributed by atoms with E-state index in [0.29, 0.717) is 48.0 Å². The fraction of sp³-hybridized carbons (Fsp3) is 0.227. The van der Waals surface area contributed by atoms with Crippen LogP contribution in [-0.2, 0) is 6.18 Å². The normalized spacial score (nSPS) is 13.7. The van der Waals surface area contributed by atoms with Crippen molar-refractivity contribution in [2.24, 2.45) is 0 Å². The molecule has 31 heavy (non-hydrogen) atoms. The molecular formula is C22H20F3N5O. The molecule has 6 nitrogen and oxygen atoms in total. The van der Waals surface area contributed by atoms with Crippen molar-refractivity contribution in [2.75, 3.05) is 28.6 Å². The Hall–Kier alpha value is -3.62. The molecule has 160 valence electrons. The zero-order chi connectivity index (χ0) is 22.0. The summed E-state index contributed by atoms with van der Waals surface area (Å²) in [7, 11) is 0. The molecule has 0 fully saturated rings. The van der Waals surface area contributed by atoms with E-state index >= 15 is 0 Å². The summed E-state index contributed by atoms with van der Waals surface area (Å²) in [6, 6.07) is 9.72. The molecule has 0 spiro atoms. The summed E-state index contributed by atoms with van der Waals surface area (Å²) < 4.78 is 39.4. The van der Waals surface area contributed by atoms with E-state index < -0.39 is 11.7 Å². The Morgan fingerprint density at radius 1 is 1.19 bits per heavy atom. The number of halogens is 3. The molecule has 0 saturated carbocycles. The Morgan fingerprint density at radius 3 is 2.81 bits per heavy atom. The molecule has 1 aromatic carbocycles. The van der Waals surface area contributed by atoms with Crippen molar-refractivity contribution in [3.8, 4) is 11.3 Å². The molecule has 4 rings (SSSR count). The van der Waals surface area contributed by atoms with Crippen LogP contribution in [0.2, 0.25) is 0 Å². The highest BCUT2D eigenvalue weighted by molar-refractivity contribution is 6.03. The topological polar surface area (TPSA) is 70.2 Å². The number of anilines is 3. The van der Waals surface area contributed by atoms with E-state index in [-0.39, 0.29) is 6.03 Å². The Labute approximate surface area is 177 Å². The Bertz CT molecular complexity index is 1120. The minimum Gasteiger partial charge on any atom is -0.382 e. The van der Waals surface area contributed by atoms with Crippen molar-refractivity contribution in [1.82, 2.24) is 9.97 Å². The van der Waals surface area contributed by atoms with Gasteiger partial charge >= 0.3 is 12.2 Å². The summed E-state index contributed by atoms with van der Waals surface area (Å²) in [6.45, 7) is 2.90. The van der Waals surface area contributed by atoms with Crippen LogP contribution in [0.4, 0.5) is 35.2 Å². The summed E-state index contributed by atoms with van der Waals surface area (Å²) in [5, 5.41) is 6.09. The molecular weight excluding hydrogens is 407 g/mol. The van der Waals surface area contributed by atoms with Gasteiger partial charge in [-0.1, -0.05) is 12.1 Å². The van der Waals surface area contributed by atoms with E-state index in [2.05, 4.69) is 20.6 Å². The summed E-state index contributed by atoms with van der Waals surface area (Å²) in [4.78, 5) is 23.1. The second-order valence-electron chi connectivity index (χ2n) is 7.20. The molecule has 0 unspecified atom stereocenters. The molecule has 0 aliphatic carbocycles. The number of pyridine rings is 2. The zero-order valence-electron chi connectivity index (χ0n) is 16.7. The van der Waals surface area contributed by atoms with Crippen LogP contribution in [0.1, 0.15) is 17.5 Å². The van der Waals surface area contributed by atoms with Gasteiger partial charge in [0.25, 0.3) is 0 Å². The van der Waals surface area contributed by atoms with Crippen LogP contribution in [-0.4, -0.2) is 29.1 Å². The molecule has 2 N–H and O–H groups in total. The predicted molar refractivity (Wildman–Crippen MR) is 113 cm³/mol. The lowest BCUT2D eigenvalue weighted by molar-refractivity contribution is -0.137. The maximum atomic E-state index is 13.1. The summed E-state index contributed by atoms with van der Waals surface area (Å²) in [5.74, 6) is 0.372. The molecule has 2 aromatic heterocycles. The highest BCUT2D eigenvalue weighted by atomic mass is 19.4. The standard InChI is InChI=1S/C22H20F3N5O/c1-14-13-26-10-8-17(14)29-21(31)30-11-3-9-27-19-7-6-18(28-20(19)30)15-4-2-5-16(12-15)22(23,24)25/h2,4-8,10,12-13,27H,3,9,11H2,1H3,(H,26,29,31). The second kappa shape index (κ2) is 8.25. The lowest BCUT2D eigenvalue weighted by atomic mass is 10.1. The van der Waals surface area contributed by atoms with Gasteiger partial charge in [-0.2, -0.15) is 13.2 Å². The average molecular weight is 427 g/mol. The molecule has 3 aromatic rings. The first-order valence-corrected chi connectivity index (χ1v) is 9.74. The minimum absolute atomic E-state index is 0.326. The van der Waals surface area contributed by atoms with Gasteiger partial charge in [-0.15, -0.1) is 0 Å². The number of rotatable bonds is 2. The number of fused-ring (bicyclic) bond motifs is 1. The van der Waals surface area contributed by atoms with Crippen LogP contribution in [0.5, 0.6) is 0 Å². The van der Waals surface area contributed by atoms with E-state index in [1.807, 2.05) is 6.92 Å². The van der Waals surface area contributed by atoms with E-state index in [0.717, 1.165) is 17.7 Å². The maximum absolute atomic E-state index is 13.1. The quantitative estimate of drug-likeness (QED) is 0.580. The van der Waals surface area contributed by atoms with Crippen molar-refractivity contribution in [3.63, 3.8) is 0 Å². The monoisotopic (exact) mass is 427 g/mol. The molecule has 9 heteroatoms. The van der Waals surface area contributed by atoms with Crippen molar-refractivity contribution < 1.29 is 18.0 Å². The number of hydrogen-bond acceptors (Lipinski definition) is 4. The van der Waals surface area contributed by atoms with Crippen LogP contribution in [0, 0.1) is 6.92 Å². The highest BCUT2D eigenvalue weighted by Crippen LogP contribution is 2.34. The second-order valence-corrected chi connectivity index (χ2v) is 7.20. The van der Waals surface area contributed by atoms with Gasteiger partial charge in [0.1, 0.15) is 0 Å². The maximum Gasteiger partial charge on any atom is 0.416 e. The molecule has 0 bridgehead atoms. The van der Waals surface area contributed by atoms with Gasteiger partial charge < -0.3 is 10.6 Å². The summed E-state index contributed by atoms with van der Waals surface area (Å²) in [5.41, 5.74) is 2.03. The lowest BCUT2D eigenvalue weighted by Crippen LogP contribution is -2.36. The number of nitrogens with zero attached hydrogens (tertiary/aromatic N) is 3. The Morgan fingerprint density at radius 2 is 2.03 bits per heavy atom. The number of hydrogen-bond donors (Lipinski definition) is 2. The molecule has 0 saturated heterocycles. The smallest absolute Gasteiger partial charge is 0.382 e. The fourth-order valence-corrected chi connectivity index (χ4v) is 3.37. The van der Waals surface area contributed by atoms with Gasteiger partial charge in [-0.25, -0.2) is 9.78 Å². The molecule has 0 radical (unpaired) electrons. The van der Waals surface area contributed by atoms with Crippen LogP contribution in [0.25, 0.3) is 11.3 Å². The SMILES string of the molecule is Cc1cnccc1NC(=O)N1CCCNc2ccc(-c3cccc(C(F)(F)F)c3)nc21. The van der Waals surface area contributed by atoms with Crippen LogP contribution in [0.15, 0.2) is 54.9 Å². The minimum atomic E-state index is -4.45. The van der Waals surface area contributed by atoms with Gasteiger partial charge in [0.2, 0.25) is 0 Å². The third-order valence-electron chi connectivity index (χ3n) is 5.00. The largest absolute Gasteiger partial charge is 0.416 e. The van der Waals surface area contributed by atoms with E-state index in [4.69, 9.17) is 0 Å². The van der Waals surface area contributed by atoms with Gasteiger partial charge in [0, 0.05) is 36.7 Å². The van der Waals surface area contributed by atoms with Crippen molar-refractivity contribution >= 4 is 23.2 Å². The molecule has 1 aliphatic heterocycles. The number of alkyl halides is 3. The number of aromatic nitrogens is 2. The average Bonchev–Trinajstić information content (AvgIpc) is 2.97. The summed E-state index contributed by atoms with van der Waals surface area (Å²) >= 11 is 0. The predicted octanol–water partition coefficient (Wildman–Crippen LogP) is 5.32. The van der Waals surface area contributed by atoms with E-state index in [9.17, 15) is 18.0 Å². The number of carbonyl (C=O) groups is 1. The number of aryl methyl sites for hydroxylation is 1. The Kier molecular flexibility index (Phi) is 5.50. The summed E-state index contributed by atoms with van der Waals surface area (Å²) in [6.07, 6.45) is -0.516. The molecule has 3 heterocycles. The number of amides is 2. The highest BCUT2D eigenvalue weighted by Gasteiger charge is 2.31. The van der Waals surface area contributed by atoms with Gasteiger partial charge in [-0.3, -0.25) is 9.88 Å². The van der Waals surface area contributed by atoms with Crippen LogP contribution >= 0.6 is 0 Å². The first-order chi connectivity index (χ1) is 14.8. The van der Waals surface area contributed by atoms with Crippen molar-refractivity contribution in [2.45, 2.75) is 19.5 Å². The molecule has 0 atom stereocenters. The van der Waals surface area contributed by atoms with E-state index in [1.165, 1.54) is 11.0 Å². The first kappa shape index (κ1) is 20.6. The third-order valence-corrected chi connectivity index (χ3v) is 5.00. The van der Waals surface area contributed by atoms with Gasteiger partial charge in [0.15, 0.2) is 5.82 Å².